The molecule has 68 valence electrons. The van der Waals surface area contributed by atoms with E-state index in [0.717, 1.165) is 0 Å². The van der Waals surface area contributed by atoms with E-state index in [-0.39, 0.29) is 6.42 Å². The second kappa shape index (κ2) is 4.31. The molecule has 1 aromatic heterocycles. The summed E-state index contributed by atoms with van der Waals surface area (Å²) in [5.41, 5.74) is 0. The van der Waals surface area contributed by atoms with Gasteiger partial charge < -0.3 is 9.15 Å². The summed E-state index contributed by atoms with van der Waals surface area (Å²) >= 11 is 0. The monoisotopic (exact) mass is 179 g/mol. The number of nitriles is 1. The van der Waals surface area contributed by atoms with Gasteiger partial charge in [-0.2, -0.15) is 5.26 Å². The molecule has 0 radical (unpaired) electrons. The van der Waals surface area contributed by atoms with E-state index in [1.54, 1.807) is 12.1 Å². The highest BCUT2D eigenvalue weighted by Gasteiger charge is 2.19. The fraction of sp³-hybridized carbons (Fsp3) is 0.333. The van der Waals surface area contributed by atoms with Gasteiger partial charge in [0, 0.05) is 6.42 Å². The average Bonchev–Trinajstić information content (AvgIpc) is 2.65. The minimum atomic E-state index is -0.781. The molecule has 1 rings (SSSR count). The maximum absolute atomic E-state index is 11.0. The maximum atomic E-state index is 11.0. The van der Waals surface area contributed by atoms with Crippen molar-refractivity contribution in [2.24, 2.45) is 5.92 Å². The zero-order valence-electron chi connectivity index (χ0n) is 7.19. The molecule has 4 nitrogen and oxygen atoms in total. The number of methoxy groups -OCH3 is 1. The van der Waals surface area contributed by atoms with Crippen LogP contribution in [0.1, 0.15) is 5.76 Å². The Morgan fingerprint density at radius 1 is 1.85 bits per heavy atom. The molecule has 1 aromatic rings. The van der Waals surface area contributed by atoms with Crippen LogP contribution in [-0.2, 0) is 16.0 Å². The molecule has 0 spiro atoms. The van der Waals surface area contributed by atoms with Crippen LogP contribution in [0.2, 0.25) is 0 Å². The Kier molecular flexibility index (Phi) is 3.09. The van der Waals surface area contributed by atoms with Crippen molar-refractivity contribution in [3.8, 4) is 6.07 Å². The molecule has 0 aromatic carbocycles. The Balaban J connectivity index is 2.61. The number of hydrogen-bond donors (Lipinski definition) is 0. The largest absolute Gasteiger partial charge is 0.469 e. The van der Waals surface area contributed by atoms with Crippen LogP contribution < -0.4 is 0 Å². The van der Waals surface area contributed by atoms with E-state index >= 15 is 0 Å². The summed E-state index contributed by atoms with van der Waals surface area (Å²) in [6.45, 7) is 0. The molecule has 0 aliphatic heterocycles. The van der Waals surface area contributed by atoms with Crippen LogP contribution in [0.3, 0.4) is 0 Å². The van der Waals surface area contributed by atoms with Crippen molar-refractivity contribution in [3.05, 3.63) is 24.2 Å². The summed E-state index contributed by atoms with van der Waals surface area (Å²) < 4.78 is 9.45. The molecular formula is C9H9NO3. The minimum Gasteiger partial charge on any atom is -0.469 e. The third kappa shape index (κ3) is 2.34. The molecule has 0 N–H and O–H groups in total. The minimum absolute atomic E-state index is 0.260. The number of rotatable bonds is 3. The summed E-state index contributed by atoms with van der Waals surface area (Å²) in [6.07, 6.45) is 1.76. The molecule has 0 amide bonds. The lowest BCUT2D eigenvalue weighted by atomic mass is 10.1. The first-order valence-corrected chi connectivity index (χ1v) is 3.77. The standard InChI is InChI=1S/C9H9NO3/c1-12-9(11)7(6-10)5-8-3-2-4-13-8/h2-4,7H,5H2,1H3. The Labute approximate surface area is 75.7 Å². The number of nitrogens with zero attached hydrogens (tertiary/aromatic N) is 1. The van der Waals surface area contributed by atoms with Crippen LogP contribution in [0.5, 0.6) is 0 Å². The van der Waals surface area contributed by atoms with E-state index in [9.17, 15) is 4.79 Å². The number of ether oxygens (including phenoxy) is 1. The van der Waals surface area contributed by atoms with Crippen molar-refractivity contribution in [1.82, 2.24) is 0 Å². The van der Waals surface area contributed by atoms with Gasteiger partial charge >= 0.3 is 5.97 Å². The van der Waals surface area contributed by atoms with E-state index in [1.165, 1.54) is 13.4 Å². The van der Waals surface area contributed by atoms with E-state index in [1.807, 2.05) is 6.07 Å². The van der Waals surface area contributed by atoms with Gasteiger partial charge in [0.15, 0.2) is 5.92 Å². The lowest BCUT2D eigenvalue weighted by Gasteiger charge is -2.03. The van der Waals surface area contributed by atoms with Gasteiger partial charge in [-0.3, -0.25) is 4.79 Å². The molecule has 0 bridgehead atoms. The zero-order chi connectivity index (χ0) is 9.68. The van der Waals surface area contributed by atoms with Crippen molar-refractivity contribution in [1.29, 1.82) is 5.26 Å². The molecule has 4 heteroatoms. The molecular weight excluding hydrogens is 170 g/mol. The summed E-state index contributed by atoms with van der Waals surface area (Å²) in [4.78, 5) is 11.0. The van der Waals surface area contributed by atoms with E-state index < -0.39 is 11.9 Å². The highest BCUT2D eigenvalue weighted by Crippen LogP contribution is 2.09. The fourth-order valence-corrected chi connectivity index (χ4v) is 0.954. The van der Waals surface area contributed by atoms with Gasteiger partial charge in [-0.15, -0.1) is 0 Å². The van der Waals surface area contributed by atoms with Crippen LogP contribution in [0.15, 0.2) is 22.8 Å². The quantitative estimate of drug-likeness (QED) is 0.652. The molecule has 0 aliphatic rings. The number of carbonyl (C=O) groups is 1. The van der Waals surface area contributed by atoms with Crippen LogP contribution in [-0.4, -0.2) is 13.1 Å². The Bertz CT molecular complexity index is 310. The van der Waals surface area contributed by atoms with Gasteiger partial charge in [0.25, 0.3) is 0 Å². The summed E-state index contributed by atoms with van der Waals surface area (Å²) in [7, 11) is 1.26. The van der Waals surface area contributed by atoms with E-state index in [4.69, 9.17) is 9.68 Å². The molecule has 1 heterocycles. The maximum Gasteiger partial charge on any atom is 0.323 e. The Hall–Kier alpha value is -1.76. The number of furan rings is 1. The fourth-order valence-electron chi connectivity index (χ4n) is 0.954. The molecule has 0 fully saturated rings. The second-order valence-electron chi connectivity index (χ2n) is 2.49. The first-order valence-electron chi connectivity index (χ1n) is 3.77. The molecule has 1 unspecified atom stereocenters. The average molecular weight is 179 g/mol. The van der Waals surface area contributed by atoms with Gasteiger partial charge in [0.05, 0.1) is 19.4 Å². The molecule has 1 atom stereocenters. The van der Waals surface area contributed by atoms with Crippen molar-refractivity contribution in [2.45, 2.75) is 6.42 Å². The Morgan fingerprint density at radius 3 is 3.08 bits per heavy atom. The predicted molar refractivity (Wildman–Crippen MR) is 43.5 cm³/mol. The molecule has 0 saturated carbocycles. The topological polar surface area (TPSA) is 63.2 Å². The lowest BCUT2D eigenvalue weighted by molar-refractivity contribution is -0.143. The smallest absolute Gasteiger partial charge is 0.323 e. The van der Waals surface area contributed by atoms with Crippen molar-refractivity contribution < 1.29 is 13.9 Å². The first kappa shape index (κ1) is 9.33. The van der Waals surface area contributed by atoms with Crippen LogP contribution in [0.4, 0.5) is 0 Å². The van der Waals surface area contributed by atoms with Crippen molar-refractivity contribution in [2.75, 3.05) is 7.11 Å². The molecule has 0 aliphatic carbocycles. The third-order valence-electron chi connectivity index (χ3n) is 1.63. The van der Waals surface area contributed by atoms with Gasteiger partial charge in [-0.25, -0.2) is 0 Å². The second-order valence-corrected chi connectivity index (χ2v) is 2.49. The van der Waals surface area contributed by atoms with Gasteiger partial charge in [0.1, 0.15) is 5.76 Å². The summed E-state index contributed by atoms with van der Waals surface area (Å²) in [6, 6.07) is 5.28. The summed E-state index contributed by atoms with van der Waals surface area (Å²) in [5, 5.41) is 8.63. The number of esters is 1. The highest BCUT2D eigenvalue weighted by atomic mass is 16.5. The van der Waals surface area contributed by atoms with Crippen LogP contribution >= 0.6 is 0 Å². The predicted octanol–water partition coefficient (Wildman–Crippen LogP) is 1.13. The third-order valence-corrected chi connectivity index (χ3v) is 1.63. The SMILES string of the molecule is COC(=O)C(C#N)Cc1ccco1. The molecule has 0 saturated heterocycles. The Morgan fingerprint density at radius 2 is 2.62 bits per heavy atom. The highest BCUT2D eigenvalue weighted by molar-refractivity contribution is 5.75. The van der Waals surface area contributed by atoms with Gasteiger partial charge in [0.2, 0.25) is 0 Å². The number of carbonyl (C=O) groups excluding carboxylic acids is 1. The van der Waals surface area contributed by atoms with Gasteiger partial charge in [-0.1, -0.05) is 0 Å². The first-order chi connectivity index (χ1) is 6.27. The zero-order valence-corrected chi connectivity index (χ0v) is 7.19. The lowest BCUT2D eigenvalue weighted by Crippen LogP contribution is -2.16. The number of hydrogen-bond acceptors (Lipinski definition) is 4. The summed E-state index contributed by atoms with van der Waals surface area (Å²) in [5.74, 6) is -0.702. The molecule has 13 heavy (non-hydrogen) atoms. The van der Waals surface area contributed by atoms with Crippen molar-refractivity contribution in [3.63, 3.8) is 0 Å². The van der Waals surface area contributed by atoms with Crippen LogP contribution in [0.25, 0.3) is 0 Å². The van der Waals surface area contributed by atoms with Gasteiger partial charge in [-0.05, 0) is 12.1 Å². The van der Waals surface area contributed by atoms with E-state index in [0.29, 0.717) is 5.76 Å². The van der Waals surface area contributed by atoms with Crippen LogP contribution in [0, 0.1) is 17.2 Å². The van der Waals surface area contributed by atoms with E-state index in [2.05, 4.69) is 4.74 Å². The van der Waals surface area contributed by atoms with Crippen molar-refractivity contribution >= 4 is 5.97 Å². The normalized spacial score (nSPS) is 11.7.